The van der Waals surface area contributed by atoms with Crippen molar-refractivity contribution in [2.45, 2.75) is 13.0 Å². The van der Waals surface area contributed by atoms with Crippen LogP contribution in [0.2, 0.25) is 0 Å². The molecule has 0 aromatic heterocycles. The molecule has 1 atom stereocenters. The third kappa shape index (κ3) is 3.96. The molecule has 0 heterocycles. The Bertz CT molecular complexity index is 525. The van der Waals surface area contributed by atoms with Crippen molar-refractivity contribution in [3.63, 3.8) is 0 Å². The first-order valence-electron chi connectivity index (χ1n) is 5.98. The van der Waals surface area contributed by atoms with E-state index in [0.717, 1.165) is 0 Å². The van der Waals surface area contributed by atoms with Gasteiger partial charge in [0, 0.05) is 6.07 Å². The molecular formula is C15H15FO3. The highest BCUT2D eigenvalue weighted by molar-refractivity contribution is 5.35. The predicted molar refractivity (Wildman–Crippen MR) is 70.1 cm³/mol. The molecule has 0 fully saturated rings. The molecule has 2 aromatic carbocycles. The third-order valence-corrected chi connectivity index (χ3v) is 2.45. The van der Waals surface area contributed by atoms with E-state index in [0.29, 0.717) is 17.2 Å². The van der Waals surface area contributed by atoms with Crippen molar-refractivity contribution in [3.8, 4) is 17.2 Å². The van der Waals surface area contributed by atoms with Crippen LogP contribution in [0.1, 0.15) is 6.92 Å². The summed E-state index contributed by atoms with van der Waals surface area (Å²) in [5.74, 6) is 1.34. The second-order valence-electron chi connectivity index (χ2n) is 4.14. The molecular weight excluding hydrogens is 247 g/mol. The van der Waals surface area contributed by atoms with Crippen LogP contribution in [0.15, 0.2) is 48.5 Å². The maximum Gasteiger partial charge on any atom is 0.130 e. The van der Waals surface area contributed by atoms with Gasteiger partial charge in [-0.1, -0.05) is 6.07 Å². The summed E-state index contributed by atoms with van der Waals surface area (Å²) < 4.78 is 23.9. The fraction of sp³-hybridized carbons (Fsp3) is 0.200. The highest BCUT2D eigenvalue weighted by atomic mass is 19.1. The van der Waals surface area contributed by atoms with Crippen molar-refractivity contribution in [2.24, 2.45) is 0 Å². The zero-order chi connectivity index (χ0) is 13.7. The van der Waals surface area contributed by atoms with Gasteiger partial charge in [-0.15, -0.1) is 0 Å². The van der Waals surface area contributed by atoms with Crippen molar-refractivity contribution in [1.82, 2.24) is 0 Å². The van der Waals surface area contributed by atoms with E-state index < -0.39 is 0 Å². The van der Waals surface area contributed by atoms with Gasteiger partial charge in [-0.05, 0) is 43.3 Å². The lowest BCUT2D eigenvalue weighted by Gasteiger charge is -2.12. The molecule has 0 aliphatic carbocycles. The van der Waals surface area contributed by atoms with Crippen LogP contribution in [-0.2, 0) is 0 Å². The highest BCUT2D eigenvalue weighted by Crippen LogP contribution is 2.24. The zero-order valence-electron chi connectivity index (χ0n) is 10.5. The Kier molecular flexibility index (Phi) is 4.36. The molecule has 0 aliphatic rings. The SMILES string of the molecule is CC(CO)Oc1ccc(Oc2cccc(F)c2)cc1. The number of rotatable bonds is 5. The second-order valence-corrected chi connectivity index (χ2v) is 4.14. The van der Waals surface area contributed by atoms with E-state index in [2.05, 4.69) is 0 Å². The van der Waals surface area contributed by atoms with Gasteiger partial charge in [0.1, 0.15) is 29.2 Å². The topological polar surface area (TPSA) is 38.7 Å². The van der Waals surface area contributed by atoms with Crippen molar-refractivity contribution < 1.29 is 19.0 Å². The number of benzene rings is 2. The van der Waals surface area contributed by atoms with Gasteiger partial charge in [-0.2, -0.15) is 0 Å². The largest absolute Gasteiger partial charge is 0.488 e. The molecule has 0 spiro atoms. The summed E-state index contributed by atoms with van der Waals surface area (Å²) >= 11 is 0. The van der Waals surface area contributed by atoms with E-state index >= 15 is 0 Å². The Balaban J connectivity index is 2.02. The second kappa shape index (κ2) is 6.20. The van der Waals surface area contributed by atoms with E-state index in [1.54, 1.807) is 43.3 Å². The fourth-order valence-electron chi connectivity index (χ4n) is 1.52. The zero-order valence-corrected chi connectivity index (χ0v) is 10.5. The average molecular weight is 262 g/mol. The summed E-state index contributed by atoms with van der Waals surface area (Å²) in [5, 5.41) is 8.89. The van der Waals surface area contributed by atoms with Gasteiger partial charge >= 0.3 is 0 Å². The van der Waals surface area contributed by atoms with Crippen molar-refractivity contribution in [1.29, 1.82) is 0 Å². The van der Waals surface area contributed by atoms with E-state index in [4.69, 9.17) is 14.6 Å². The maximum atomic E-state index is 13.0. The van der Waals surface area contributed by atoms with Crippen molar-refractivity contribution in [3.05, 3.63) is 54.3 Å². The molecule has 0 saturated heterocycles. The van der Waals surface area contributed by atoms with Gasteiger partial charge in [0.2, 0.25) is 0 Å². The minimum atomic E-state index is -0.339. The third-order valence-electron chi connectivity index (χ3n) is 2.45. The number of hydrogen-bond acceptors (Lipinski definition) is 3. The minimum Gasteiger partial charge on any atom is -0.488 e. The number of hydrogen-bond donors (Lipinski definition) is 1. The van der Waals surface area contributed by atoms with Crippen molar-refractivity contribution >= 4 is 0 Å². The Morgan fingerprint density at radius 3 is 2.37 bits per heavy atom. The van der Waals surface area contributed by atoms with Crippen LogP contribution in [0, 0.1) is 5.82 Å². The molecule has 0 saturated carbocycles. The fourth-order valence-corrected chi connectivity index (χ4v) is 1.52. The summed E-state index contributed by atoms with van der Waals surface area (Å²) in [6.45, 7) is 1.73. The first-order valence-corrected chi connectivity index (χ1v) is 5.98. The van der Waals surface area contributed by atoms with Crippen LogP contribution in [0.5, 0.6) is 17.2 Å². The van der Waals surface area contributed by atoms with E-state index in [1.807, 2.05) is 0 Å². The Morgan fingerprint density at radius 2 is 1.74 bits per heavy atom. The molecule has 1 unspecified atom stereocenters. The molecule has 1 N–H and O–H groups in total. The summed E-state index contributed by atoms with van der Waals surface area (Å²) in [7, 11) is 0. The van der Waals surface area contributed by atoms with Gasteiger partial charge in [0.05, 0.1) is 6.61 Å². The summed E-state index contributed by atoms with van der Waals surface area (Å²) in [4.78, 5) is 0. The van der Waals surface area contributed by atoms with E-state index in [1.165, 1.54) is 12.1 Å². The van der Waals surface area contributed by atoms with Gasteiger partial charge in [-0.3, -0.25) is 0 Å². The van der Waals surface area contributed by atoms with Crippen LogP contribution in [-0.4, -0.2) is 17.8 Å². The van der Waals surface area contributed by atoms with Crippen LogP contribution >= 0.6 is 0 Å². The molecule has 2 rings (SSSR count). The number of halogens is 1. The standard InChI is InChI=1S/C15H15FO3/c1-11(10-17)18-13-5-7-14(8-6-13)19-15-4-2-3-12(16)9-15/h2-9,11,17H,10H2,1H3. The van der Waals surface area contributed by atoms with E-state index in [-0.39, 0.29) is 18.5 Å². The molecule has 100 valence electrons. The quantitative estimate of drug-likeness (QED) is 0.897. The first-order chi connectivity index (χ1) is 9.17. The molecule has 0 amide bonds. The lowest BCUT2D eigenvalue weighted by molar-refractivity contribution is 0.129. The molecule has 4 heteroatoms. The summed E-state index contributed by atoms with van der Waals surface area (Å²) in [6, 6.07) is 12.9. The van der Waals surface area contributed by atoms with Crippen LogP contribution in [0.25, 0.3) is 0 Å². The van der Waals surface area contributed by atoms with Crippen molar-refractivity contribution in [2.75, 3.05) is 6.61 Å². The lowest BCUT2D eigenvalue weighted by atomic mass is 10.3. The number of aliphatic hydroxyl groups excluding tert-OH is 1. The molecule has 0 bridgehead atoms. The first kappa shape index (κ1) is 13.4. The smallest absolute Gasteiger partial charge is 0.130 e. The highest BCUT2D eigenvalue weighted by Gasteiger charge is 2.03. The predicted octanol–water partition coefficient (Wildman–Crippen LogP) is 3.38. The Hall–Kier alpha value is -2.07. The number of ether oxygens (including phenoxy) is 2. The van der Waals surface area contributed by atoms with Gasteiger partial charge in [-0.25, -0.2) is 4.39 Å². The summed E-state index contributed by atoms with van der Waals surface area (Å²) in [5.41, 5.74) is 0. The average Bonchev–Trinajstić information content (AvgIpc) is 2.41. The molecule has 3 nitrogen and oxygen atoms in total. The Morgan fingerprint density at radius 1 is 1.05 bits per heavy atom. The normalized spacial score (nSPS) is 11.9. The molecule has 2 aromatic rings. The monoisotopic (exact) mass is 262 g/mol. The van der Waals surface area contributed by atoms with Gasteiger partial charge < -0.3 is 14.6 Å². The summed E-state index contributed by atoms with van der Waals surface area (Å²) in [6.07, 6.45) is -0.255. The van der Waals surface area contributed by atoms with Gasteiger partial charge in [0.25, 0.3) is 0 Å². The molecule has 0 radical (unpaired) electrons. The van der Waals surface area contributed by atoms with Crippen LogP contribution < -0.4 is 9.47 Å². The molecule has 0 aliphatic heterocycles. The lowest BCUT2D eigenvalue weighted by Crippen LogP contribution is -2.15. The van der Waals surface area contributed by atoms with E-state index in [9.17, 15) is 4.39 Å². The minimum absolute atomic E-state index is 0.0401. The van der Waals surface area contributed by atoms with Crippen LogP contribution in [0.3, 0.4) is 0 Å². The van der Waals surface area contributed by atoms with Gasteiger partial charge in [0.15, 0.2) is 0 Å². The molecule has 19 heavy (non-hydrogen) atoms. The Labute approximate surface area is 111 Å². The number of aliphatic hydroxyl groups is 1. The maximum absolute atomic E-state index is 13.0. The van der Waals surface area contributed by atoms with Crippen LogP contribution in [0.4, 0.5) is 4.39 Å².